The van der Waals surface area contributed by atoms with Crippen LogP contribution in [0.3, 0.4) is 0 Å². The first-order chi connectivity index (χ1) is 15.4. The Kier molecular flexibility index (Phi) is 4.80. The Morgan fingerprint density at radius 2 is 2.09 bits per heavy atom. The van der Waals surface area contributed by atoms with Crippen molar-refractivity contribution in [1.82, 2.24) is 35.1 Å². The molecule has 1 aliphatic heterocycles. The van der Waals surface area contributed by atoms with Crippen molar-refractivity contribution in [2.24, 2.45) is 7.05 Å². The molecule has 1 amide bonds. The van der Waals surface area contributed by atoms with E-state index in [0.717, 1.165) is 44.7 Å². The number of fused-ring (bicyclic) bond motifs is 4. The van der Waals surface area contributed by atoms with Crippen molar-refractivity contribution < 1.29 is 9.53 Å². The second-order valence-electron chi connectivity index (χ2n) is 8.21. The van der Waals surface area contributed by atoms with Crippen molar-refractivity contribution >= 4 is 29.0 Å². The molecule has 2 bridgehead atoms. The van der Waals surface area contributed by atoms with Gasteiger partial charge in [-0.3, -0.25) is 14.6 Å². The summed E-state index contributed by atoms with van der Waals surface area (Å²) < 4.78 is 8.02. The van der Waals surface area contributed by atoms with Gasteiger partial charge in [-0.15, -0.1) is 0 Å². The first kappa shape index (κ1) is 20.0. The van der Waals surface area contributed by atoms with Crippen molar-refractivity contribution in [3.63, 3.8) is 0 Å². The minimum absolute atomic E-state index is 0.0326. The lowest BCUT2D eigenvalue weighted by Crippen LogP contribution is -2.37. The van der Waals surface area contributed by atoms with Crippen LogP contribution >= 0.6 is 0 Å². The molecule has 4 aromatic rings. The number of hydrogen-bond acceptors (Lipinski definition) is 5. The number of nitrogens with one attached hydrogen (secondary N) is 2. The van der Waals surface area contributed by atoms with Crippen LogP contribution in [0.2, 0.25) is 0 Å². The smallest absolute Gasteiger partial charge is 0.219 e. The van der Waals surface area contributed by atoms with Gasteiger partial charge in [0.05, 0.1) is 41.8 Å². The predicted molar refractivity (Wildman–Crippen MR) is 122 cm³/mol. The summed E-state index contributed by atoms with van der Waals surface area (Å²) in [4.78, 5) is 14.2. The number of H-pyrrole nitrogens is 2. The summed E-state index contributed by atoms with van der Waals surface area (Å²) in [5, 5.41) is 20.4. The van der Waals surface area contributed by atoms with E-state index in [1.54, 1.807) is 18.0 Å². The van der Waals surface area contributed by atoms with Crippen molar-refractivity contribution in [3.8, 4) is 17.0 Å². The summed E-state index contributed by atoms with van der Waals surface area (Å²) in [6.45, 7) is 6.36. The summed E-state index contributed by atoms with van der Waals surface area (Å²) >= 11 is 0. The summed E-state index contributed by atoms with van der Waals surface area (Å²) in [6, 6.07) is 6.07. The van der Waals surface area contributed by atoms with E-state index in [9.17, 15) is 4.79 Å². The third-order valence-electron chi connectivity index (χ3n) is 5.95. The van der Waals surface area contributed by atoms with Crippen LogP contribution in [0.25, 0.3) is 34.2 Å². The Morgan fingerprint density at radius 1 is 1.25 bits per heavy atom. The zero-order valence-corrected chi connectivity index (χ0v) is 18.5. The van der Waals surface area contributed by atoms with Gasteiger partial charge < -0.3 is 9.64 Å². The van der Waals surface area contributed by atoms with Gasteiger partial charge in [0.2, 0.25) is 11.8 Å². The number of aromatic nitrogens is 6. The van der Waals surface area contributed by atoms with Gasteiger partial charge in [0.15, 0.2) is 0 Å². The van der Waals surface area contributed by atoms with Crippen LogP contribution in [0.1, 0.15) is 36.5 Å². The van der Waals surface area contributed by atoms with Gasteiger partial charge in [-0.1, -0.05) is 6.07 Å². The predicted octanol–water partition coefficient (Wildman–Crippen LogP) is 3.29. The normalized spacial score (nSPS) is 17.4. The van der Waals surface area contributed by atoms with E-state index < -0.39 is 0 Å². The fourth-order valence-electron chi connectivity index (χ4n) is 4.12. The third kappa shape index (κ3) is 3.45. The molecule has 4 heterocycles. The molecule has 0 spiro atoms. The molecule has 0 saturated heterocycles. The van der Waals surface area contributed by atoms with Crippen LogP contribution in [-0.2, 0) is 18.4 Å². The molecule has 1 atom stereocenters. The second-order valence-corrected chi connectivity index (χ2v) is 8.21. The number of carbonyl (C=O) groups excluding carboxylic acids is 1. The average Bonchev–Trinajstić information content (AvgIpc) is 3.44. The first-order valence-corrected chi connectivity index (χ1v) is 10.6. The van der Waals surface area contributed by atoms with Crippen molar-refractivity contribution in [1.29, 1.82) is 0 Å². The van der Waals surface area contributed by atoms with E-state index in [1.165, 1.54) is 0 Å². The molecule has 0 fully saturated rings. The number of amides is 1. The number of carbonyl (C=O) groups is 1. The van der Waals surface area contributed by atoms with Crippen LogP contribution < -0.4 is 4.74 Å². The van der Waals surface area contributed by atoms with E-state index in [-0.39, 0.29) is 12.0 Å². The molecule has 1 aromatic carbocycles. The van der Waals surface area contributed by atoms with E-state index >= 15 is 0 Å². The fourth-order valence-corrected chi connectivity index (χ4v) is 4.12. The van der Waals surface area contributed by atoms with Crippen LogP contribution in [0.15, 0.2) is 24.4 Å². The molecule has 5 rings (SSSR count). The Labute approximate surface area is 185 Å². The monoisotopic (exact) mass is 431 g/mol. The van der Waals surface area contributed by atoms with Crippen LogP contribution in [-0.4, -0.2) is 53.6 Å². The van der Waals surface area contributed by atoms with Crippen LogP contribution in [0.5, 0.6) is 5.88 Å². The maximum Gasteiger partial charge on any atom is 0.219 e. The molecule has 2 N–H and O–H groups in total. The lowest BCUT2D eigenvalue weighted by molar-refractivity contribution is -0.130. The first-order valence-electron chi connectivity index (χ1n) is 10.6. The zero-order valence-electron chi connectivity index (χ0n) is 18.5. The number of aryl methyl sites for hydroxylation is 1. The highest BCUT2D eigenvalue weighted by Crippen LogP contribution is 2.32. The van der Waals surface area contributed by atoms with E-state index in [4.69, 9.17) is 4.74 Å². The molecule has 0 aliphatic carbocycles. The van der Waals surface area contributed by atoms with Gasteiger partial charge in [0.25, 0.3) is 0 Å². The molecular formula is C23H25N7O2. The number of aromatic amines is 2. The topological polar surface area (TPSA) is 105 Å². The molecule has 0 radical (unpaired) electrons. The van der Waals surface area contributed by atoms with Crippen molar-refractivity contribution in [2.45, 2.75) is 33.4 Å². The molecule has 32 heavy (non-hydrogen) atoms. The lowest BCUT2D eigenvalue weighted by Gasteiger charge is -2.24. The minimum atomic E-state index is -0.250. The molecule has 0 unspecified atom stereocenters. The fraction of sp³-hybridized carbons (Fsp3) is 0.304. The summed E-state index contributed by atoms with van der Waals surface area (Å²) in [5.41, 5.74) is 6.47. The zero-order chi connectivity index (χ0) is 22.4. The van der Waals surface area contributed by atoms with Crippen molar-refractivity contribution in [3.05, 3.63) is 47.0 Å². The Hall–Kier alpha value is -3.88. The highest BCUT2D eigenvalue weighted by Gasteiger charge is 2.21. The maximum atomic E-state index is 12.4. The van der Waals surface area contributed by atoms with Crippen LogP contribution in [0, 0.1) is 6.92 Å². The number of rotatable bonds is 0. The molecular weight excluding hydrogens is 406 g/mol. The highest BCUT2D eigenvalue weighted by molar-refractivity contribution is 5.93. The van der Waals surface area contributed by atoms with Gasteiger partial charge in [-0.2, -0.15) is 15.3 Å². The van der Waals surface area contributed by atoms with Gasteiger partial charge in [-0.05, 0) is 43.7 Å². The van der Waals surface area contributed by atoms with Gasteiger partial charge in [0.1, 0.15) is 6.10 Å². The standard InChI is InChI=1S/C23H25N7O2/c1-13-11-30(15(3)31)12-22-17(14(2)29(4)28-22)6-8-21-18-9-16(5-7-20(18)25-26-21)19-10-24-27-23(19)32-13/h5-10,13H,11-12H2,1-4H3,(H,24,27)(H,25,26)/b8-6+/t13-/m0/s1. The van der Waals surface area contributed by atoms with Crippen LogP contribution in [0.4, 0.5) is 0 Å². The Balaban J connectivity index is 1.69. The Morgan fingerprint density at radius 3 is 2.91 bits per heavy atom. The largest absolute Gasteiger partial charge is 0.473 e. The molecule has 3 aromatic heterocycles. The van der Waals surface area contributed by atoms with Gasteiger partial charge in [0, 0.05) is 30.6 Å². The summed E-state index contributed by atoms with van der Waals surface area (Å²) in [6.07, 6.45) is 5.56. The van der Waals surface area contributed by atoms with E-state index in [0.29, 0.717) is 19.0 Å². The van der Waals surface area contributed by atoms with Crippen molar-refractivity contribution in [2.75, 3.05) is 6.54 Å². The number of ether oxygens (including phenoxy) is 1. The SMILES string of the molecule is CC(=O)N1Cc2nn(C)c(C)c2/C=C/c2[nH]nc3ccc(cc23)-c2cn[nH]c2O[C@@H](C)C1. The number of hydrogen-bond donors (Lipinski definition) is 2. The lowest BCUT2D eigenvalue weighted by atomic mass is 10.0. The molecule has 164 valence electrons. The van der Waals surface area contributed by atoms with Gasteiger partial charge >= 0.3 is 0 Å². The molecule has 0 saturated carbocycles. The van der Waals surface area contributed by atoms with E-state index in [2.05, 4.69) is 31.6 Å². The maximum absolute atomic E-state index is 12.4. The van der Waals surface area contributed by atoms with Gasteiger partial charge in [-0.25, -0.2) is 5.10 Å². The van der Waals surface area contributed by atoms with E-state index in [1.807, 2.05) is 49.9 Å². The minimum Gasteiger partial charge on any atom is -0.473 e. The highest BCUT2D eigenvalue weighted by atomic mass is 16.5. The number of benzene rings is 1. The number of nitrogens with zero attached hydrogens (tertiary/aromatic N) is 5. The molecule has 1 aliphatic rings. The second kappa shape index (κ2) is 7.67. The molecule has 9 nitrogen and oxygen atoms in total. The molecule has 9 heteroatoms. The third-order valence-corrected chi connectivity index (χ3v) is 5.95. The average molecular weight is 432 g/mol. The summed E-state index contributed by atoms with van der Waals surface area (Å²) in [5.74, 6) is 0.542. The summed E-state index contributed by atoms with van der Waals surface area (Å²) in [7, 11) is 1.91. The Bertz CT molecular complexity index is 1340. The quantitative estimate of drug-likeness (QED) is 0.445.